The zero-order valence-electron chi connectivity index (χ0n) is 11.9. The lowest BCUT2D eigenvalue weighted by atomic mass is 10.0. The predicted molar refractivity (Wildman–Crippen MR) is 82.3 cm³/mol. The fraction of sp³-hybridized carbons (Fsp3) is 0.500. The molecule has 1 aromatic carbocycles. The summed E-state index contributed by atoms with van der Waals surface area (Å²) in [4.78, 5) is 0. The highest BCUT2D eigenvalue weighted by Gasteiger charge is 2.17. The molecule has 4 heteroatoms. The van der Waals surface area contributed by atoms with Gasteiger partial charge in [0.05, 0.1) is 18.9 Å². The van der Waals surface area contributed by atoms with Gasteiger partial charge in [-0.05, 0) is 55.6 Å². The Balaban J connectivity index is 1.92. The Morgan fingerprint density at radius 1 is 1.35 bits per heavy atom. The fourth-order valence-electron chi connectivity index (χ4n) is 2.17. The van der Waals surface area contributed by atoms with E-state index in [9.17, 15) is 0 Å². The van der Waals surface area contributed by atoms with Crippen molar-refractivity contribution in [3.8, 4) is 5.75 Å². The van der Waals surface area contributed by atoms with E-state index in [0.29, 0.717) is 6.61 Å². The molecule has 0 amide bonds. The Morgan fingerprint density at radius 2 is 2.15 bits per heavy atom. The first kappa shape index (κ1) is 15.2. The summed E-state index contributed by atoms with van der Waals surface area (Å²) < 4.78 is 11.3. The van der Waals surface area contributed by atoms with Crippen molar-refractivity contribution < 1.29 is 9.47 Å². The van der Waals surface area contributed by atoms with E-state index >= 15 is 0 Å². The molecule has 0 saturated heterocycles. The quantitative estimate of drug-likeness (QED) is 0.830. The van der Waals surface area contributed by atoms with Crippen LogP contribution in [0.4, 0.5) is 0 Å². The van der Waals surface area contributed by atoms with E-state index in [1.54, 1.807) is 0 Å². The molecule has 20 heavy (non-hydrogen) atoms. The molecule has 0 saturated carbocycles. The van der Waals surface area contributed by atoms with Crippen molar-refractivity contribution in [2.45, 2.75) is 32.2 Å². The van der Waals surface area contributed by atoms with Gasteiger partial charge >= 0.3 is 0 Å². The van der Waals surface area contributed by atoms with Gasteiger partial charge in [0.2, 0.25) is 0 Å². The molecule has 0 fully saturated rings. The third-order valence-electron chi connectivity index (χ3n) is 3.28. The van der Waals surface area contributed by atoms with Gasteiger partial charge < -0.3 is 14.8 Å². The Morgan fingerprint density at radius 3 is 2.80 bits per heavy atom. The Kier molecular flexibility index (Phi) is 6.22. The van der Waals surface area contributed by atoms with Crippen molar-refractivity contribution in [2.24, 2.45) is 0 Å². The smallest absolute Gasteiger partial charge is 0.119 e. The number of rotatable bonds is 7. The molecule has 1 N–H and O–H groups in total. The highest BCUT2D eigenvalue weighted by Crippen LogP contribution is 2.19. The maximum atomic E-state index is 5.87. The molecule has 1 heterocycles. The van der Waals surface area contributed by atoms with Crippen LogP contribution < -0.4 is 10.1 Å². The fourth-order valence-corrected chi connectivity index (χ4v) is 2.29. The molecule has 3 nitrogen and oxygen atoms in total. The van der Waals surface area contributed by atoms with Gasteiger partial charge in [0, 0.05) is 5.02 Å². The Hall–Kier alpha value is -1.19. The van der Waals surface area contributed by atoms with Crippen LogP contribution >= 0.6 is 11.6 Å². The lowest BCUT2D eigenvalue weighted by Crippen LogP contribution is -2.37. The molecule has 1 aromatic rings. The molecule has 0 aromatic heterocycles. The summed E-state index contributed by atoms with van der Waals surface area (Å²) in [5.41, 5.74) is 1.29. The summed E-state index contributed by atoms with van der Waals surface area (Å²) in [6, 6.07) is 7.68. The summed E-state index contributed by atoms with van der Waals surface area (Å²) >= 11 is 5.87. The molecule has 0 aliphatic carbocycles. The van der Waals surface area contributed by atoms with E-state index in [4.69, 9.17) is 21.1 Å². The molecule has 110 valence electrons. The third kappa shape index (κ3) is 4.73. The first-order valence-corrected chi connectivity index (χ1v) is 7.59. The SMILES string of the molecule is CCCNC(COc1ccc(Cl)cc1)C1=COCCC1. The Labute approximate surface area is 125 Å². The molecule has 1 unspecified atom stereocenters. The molecule has 0 radical (unpaired) electrons. The highest BCUT2D eigenvalue weighted by molar-refractivity contribution is 6.30. The standard InChI is InChI=1S/C16H22ClNO2/c1-2-9-18-16(13-4-3-10-19-11-13)12-20-15-7-5-14(17)6-8-15/h5-8,11,16,18H,2-4,9-10,12H2,1H3. The van der Waals surface area contributed by atoms with Crippen LogP contribution in [0.2, 0.25) is 5.02 Å². The molecule has 1 aliphatic rings. The molecular formula is C16H22ClNO2. The molecule has 1 aliphatic heterocycles. The minimum Gasteiger partial charge on any atom is -0.501 e. The van der Waals surface area contributed by atoms with E-state index in [0.717, 1.165) is 43.2 Å². The monoisotopic (exact) mass is 295 g/mol. The lowest BCUT2D eigenvalue weighted by Gasteiger charge is -2.24. The number of hydrogen-bond donors (Lipinski definition) is 1. The second kappa shape index (κ2) is 8.18. The minimum atomic E-state index is 0.214. The van der Waals surface area contributed by atoms with Crippen LogP contribution in [0.5, 0.6) is 5.75 Å². The summed E-state index contributed by atoms with van der Waals surface area (Å²) in [5.74, 6) is 0.843. The minimum absolute atomic E-state index is 0.214. The van der Waals surface area contributed by atoms with E-state index in [-0.39, 0.29) is 6.04 Å². The van der Waals surface area contributed by atoms with Crippen molar-refractivity contribution in [3.05, 3.63) is 41.1 Å². The van der Waals surface area contributed by atoms with E-state index < -0.39 is 0 Å². The van der Waals surface area contributed by atoms with Crippen LogP contribution in [0, 0.1) is 0 Å². The second-order valence-corrected chi connectivity index (χ2v) is 5.38. The summed E-state index contributed by atoms with van der Waals surface area (Å²) in [6.45, 7) is 4.57. The first-order chi connectivity index (χ1) is 9.79. The maximum Gasteiger partial charge on any atom is 0.119 e. The van der Waals surface area contributed by atoms with Gasteiger partial charge in [-0.15, -0.1) is 0 Å². The van der Waals surface area contributed by atoms with Gasteiger partial charge in [-0.1, -0.05) is 18.5 Å². The van der Waals surface area contributed by atoms with Crippen LogP contribution in [0.25, 0.3) is 0 Å². The number of nitrogens with one attached hydrogen (secondary N) is 1. The maximum absolute atomic E-state index is 5.87. The van der Waals surface area contributed by atoms with Gasteiger partial charge in [0.15, 0.2) is 0 Å². The van der Waals surface area contributed by atoms with Crippen molar-refractivity contribution in [1.82, 2.24) is 5.32 Å². The topological polar surface area (TPSA) is 30.5 Å². The summed E-state index contributed by atoms with van der Waals surface area (Å²) in [5, 5.41) is 4.24. The second-order valence-electron chi connectivity index (χ2n) is 4.94. The third-order valence-corrected chi connectivity index (χ3v) is 3.53. The van der Waals surface area contributed by atoms with Gasteiger partial charge in [-0.3, -0.25) is 0 Å². The normalized spacial score (nSPS) is 16.2. The first-order valence-electron chi connectivity index (χ1n) is 7.22. The highest BCUT2D eigenvalue weighted by atomic mass is 35.5. The van der Waals surface area contributed by atoms with Crippen molar-refractivity contribution >= 4 is 11.6 Å². The number of benzene rings is 1. The molecule has 2 rings (SSSR count). The number of hydrogen-bond acceptors (Lipinski definition) is 3. The average molecular weight is 296 g/mol. The lowest BCUT2D eigenvalue weighted by molar-refractivity contribution is 0.209. The van der Waals surface area contributed by atoms with Gasteiger partial charge in [-0.25, -0.2) is 0 Å². The van der Waals surface area contributed by atoms with Crippen molar-refractivity contribution in [3.63, 3.8) is 0 Å². The van der Waals surface area contributed by atoms with Gasteiger partial charge in [0.25, 0.3) is 0 Å². The average Bonchev–Trinajstić information content (AvgIpc) is 2.50. The predicted octanol–water partition coefficient (Wildman–Crippen LogP) is 3.78. The Bertz CT molecular complexity index is 431. The molecule has 0 bridgehead atoms. The van der Waals surface area contributed by atoms with E-state index in [1.165, 1.54) is 5.57 Å². The van der Waals surface area contributed by atoms with Gasteiger partial charge in [-0.2, -0.15) is 0 Å². The molecule has 1 atom stereocenters. The summed E-state index contributed by atoms with van der Waals surface area (Å²) in [6.07, 6.45) is 5.15. The number of ether oxygens (including phenoxy) is 2. The van der Waals surface area contributed by atoms with Crippen LogP contribution in [0.1, 0.15) is 26.2 Å². The number of halogens is 1. The summed E-state index contributed by atoms with van der Waals surface area (Å²) in [7, 11) is 0. The van der Waals surface area contributed by atoms with Gasteiger partial charge in [0.1, 0.15) is 12.4 Å². The van der Waals surface area contributed by atoms with Crippen molar-refractivity contribution in [1.29, 1.82) is 0 Å². The van der Waals surface area contributed by atoms with Crippen LogP contribution in [0.3, 0.4) is 0 Å². The van der Waals surface area contributed by atoms with Crippen LogP contribution in [0.15, 0.2) is 36.1 Å². The molecular weight excluding hydrogens is 274 g/mol. The van der Waals surface area contributed by atoms with Crippen molar-refractivity contribution in [2.75, 3.05) is 19.8 Å². The zero-order valence-corrected chi connectivity index (χ0v) is 12.7. The van der Waals surface area contributed by atoms with Crippen LogP contribution in [-0.4, -0.2) is 25.8 Å². The molecule has 0 spiro atoms. The van der Waals surface area contributed by atoms with E-state index in [1.807, 2.05) is 30.5 Å². The van der Waals surface area contributed by atoms with E-state index in [2.05, 4.69) is 12.2 Å². The largest absolute Gasteiger partial charge is 0.501 e. The zero-order chi connectivity index (χ0) is 14.2. The van der Waals surface area contributed by atoms with Crippen LogP contribution in [-0.2, 0) is 4.74 Å².